The van der Waals surface area contributed by atoms with E-state index in [9.17, 15) is 13.2 Å². The highest BCUT2D eigenvalue weighted by molar-refractivity contribution is 7.89. The largest absolute Gasteiger partial charge is 0.348 e. The molecule has 1 aliphatic heterocycles. The van der Waals surface area contributed by atoms with Gasteiger partial charge in [0.25, 0.3) is 0 Å². The Kier molecular flexibility index (Phi) is 4.70. The molecule has 0 saturated heterocycles. The maximum atomic E-state index is 12.9. The third kappa shape index (κ3) is 3.05. The van der Waals surface area contributed by atoms with Crippen LogP contribution in [0, 0.1) is 13.8 Å². The van der Waals surface area contributed by atoms with Crippen molar-refractivity contribution >= 4 is 15.9 Å². The van der Waals surface area contributed by atoms with Gasteiger partial charge in [0.2, 0.25) is 15.9 Å². The van der Waals surface area contributed by atoms with Crippen LogP contribution >= 0.6 is 0 Å². The molecule has 2 aromatic heterocycles. The molecule has 0 saturated carbocycles. The Morgan fingerprint density at radius 1 is 1.35 bits per heavy atom. The van der Waals surface area contributed by atoms with Gasteiger partial charge in [-0.1, -0.05) is 0 Å². The van der Waals surface area contributed by atoms with E-state index in [1.807, 2.05) is 25.3 Å². The first-order valence-electron chi connectivity index (χ1n) is 8.61. The fourth-order valence-electron chi connectivity index (χ4n) is 3.61. The highest BCUT2D eigenvalue weighted by atomic mass is 32.2. The van der Waals surface area contributed by atoms with E-state index in [0.717, 1.165) is 5.69 Å². The summed E-state index contributed by atoms with van der Waals surface area (Å²) in [6.07, 6.45) is 1.99. The standard InChI is InChI=1S/C17H25N5O3S/c1-11-16(14(4)20(5)18-11)26(24,25)19-12(2)17(23)22-10-9-21-8-6-7-15(21)13(22)3/h6-8,12-13,19H,9-10H2,1-5H3/t12-,13+/m1/s1. The Labute approximate surface area is 153 Å². The number of rotatable bonds is 4. The Morgan fingerprint density at radius 3 is 2.65 bits per heavy atom. The predicted octanol–water partition coefficient (Wildman–Crippen LogP) is 1.11. The third-order valence-electron chi connectivity index (χ3n) is 5.04. The summed E-state index contributed by atoms with van der Waals surface area (Å²) in [5.74, 6) is -0.229. The van der Waals surface area contributed by atoms with Crippen LogP contribution < -0.4 is 4.72 Å². The lowest BCUT2D eigenvalue weighted by molar-refractivity contribution is -0.135. The molecule has 0 radical (unpaired) electrons. The van der Waals surface area contributed by atoms with Crippen LogP contribution in [-0.4, -0.2) is 46.2 Å². The summed E-state index contributed by atoms with van der Waals surface area (Å²) in [7, 11) is -2.14. The monoisotopic (exact) mass is 379 g/mol. The lowest BCUT2D eigenvalue weighted by atomic mass is 10.1. The van der Waals surface area contributed by atoms with Crippen molar-refractivity contribution in [1.82, 2.24) is 24.0 Å². The van der Waals surface area contributed by atoms with Crippen LogP contribution in [0.4, 0.5) is 0 Å². The molecule has 0 aliphatic carbocycles. The summed E-state index contributed by atoms with van der Waals surface area (Å²) in [5, 5.41) is 4.15. The van der Waals surface area contributed by atoms with Gasteiger partial charge in [-0.05, 0) is 39.8 Å². The van der Waals surface area contributed by atoms with Crippen molar-refractivity contribution in [1.29, 1.82) is 0 Å². The highest BCUT2D eigenvalue weighted by Crippen LogP contribution is 2.26. The number of sulfonamides is 1. The van der Waals surface area contributed by atoms with Crippen LogP contribution in [0.1, 0.15) is 37.0 Å². The summed E-state index contributed by atoms with van der Waals surface area (Å²) in [5.41, 5.74) is 2.01. The second-order valence-electron chi connectivity index (χ2n) is 6.80. The summed E-state index contributed by atoms with van der Waals surface area (Å²) < 4.78 is 31.7. The Morgan fingerprint density at radius 2 is 2.04 bits per heavy atom. The average Bonchev–Trinajstić information content (AvgIpc) is 3.12. The molecular formula is C17H25N5O3S. The minimum absolute atomic E-state index is 0.0972. The van der Waals surface area contributed by atoms with Crippen molar-refractivity contribution in [2.45, 2.75) is 51.2 Å². The Hall–Kier alpha value is -2.13. The zero-order valence-electron chi connectivity index (χ0n) is 15.7. The van der Waals surface area contributed by atoms with Crippen molar-refractivity contribution in [2.75, 3.05) is 6.54 Å². The van der Waals surface area contributed by atoms with Crippen molar-refractivity contribution in [3.8, 4) is 0 Å². The van der Waals surface area contributed by atoms with Crippen LogP contribution in [0.2, 0.25) is 0 Å². The summed E-state index contributed by atoms with van der Waals surface area (Å²) in [4.78, 5) is 14.8. The van der Waals surface area contributed by atoms with Gasteiger partial charge in [0.15, 0.2) is 0 Å². The number of hydrogen-bond donors (Lipinski definition) is 1. The van der Waals surface area contributed by atoms with E-state index in [4.69, 9.17) is 0 Å². The van der Waals surface area contributed by atoms with Crippen LogP contribution in [0.5, 0.6) is 0 Å². The summed E-state index contributed by atoms with van der Waals surface area (Å²) in [6.45, 7) is 8.15. The normalized spacial score (nSPS) is 18.7. The molecule has 8 nitrogen and oxygen atoms in total. The average molecular weight is 379 g/mol. The molecule has 1 amide bonds. The van der Waals surface area contributed by atoms with Crippen molar-refractivity contribution in [2.24, 2.45) is 7.05 Å². The second kappa shape index (κ2) is 6.55. The first-order valence-corrected chi connectivity index (χ1v) is 10.1. The third-order valence-corrected chi connectivity index (χ3v) is 6.83. The molecule has 0 bridgehead atoms. The topological polar surface area (TPSA) is 89.2 Å². The zero-order valence-corrected chi connectivity index (χ0v) is 16.5. The zero-order chi connectivity index (χ0) is 19.2. The number of nitrogens with one attached hydrogen (secondary N) is 1. The molecule has 1 N–H and O–H groups in total. The van der Waals surface area contributed by atoms with Gasteiger partial charge < -0.3 is 9.47 Å². The molecule has 3 heterocycles. The van der Waals surface area contributed by atoms with Gasteiger partial charge in [0.05, 0.1) is 23.5 Å². The molecule has 0 unspecified atom stereocenters. The molecule has 0 spiro atoms. The summed E-state index contributed by atoms with van der Waals surface area (Å²) in [6, 6.07) is 2.99. The Balaban J connectivity index is 1.79. The van der Waals surface area contributed by atoms with Gasteiger partial charge in [-0.2, -0.15) is 9.82 Å². The molecule has 142 valence electrons. The lowest BCUT2D eigenvalue weighted by Crippen LogP contribution is -2.50. The molecular weight excluding hydrogens is 354 g/mol. The van der Waals surface area contributed by atoms with Crippen LogP contribution in [0.15, 0.2) is 23.2 Å². The van der Waals surface area contributed by atoms with Gasteiger partial charge in [0, 0.05) is 32.0 Å². The lowest BCUT2D eigenvalue weighted by Gasteiger charge is -2.36. The van der Waals surface area contributed by atoms with Gasteiger partial charge in [-0.15, -0.1) is 0 Å². The van der Waals surface area contributed by atoms with E-state index in [1.165, 1.54) is 4.68 Å². The van der Waals surface area contributed by atoms with Crippen LogP contribution in [0.25, 0.3) is 0 Å². The van der Waals surface area contributed by atoms with Gasteiger partial charge in [0.1, 0.15) is 4.90 Å². The fraction of sp³-hybridized carbons (Fsp3) is 0.529. The quantitative estimate of drug-likeness (QED) is 0.862. The SMILES string of the molecule is Cc1nn(C)c(C)c1S(=O)(=O)N[C@H](C)C(=O)N1CCn2cccc2[C@@H]1C. The molecule has 26 heavy (non-hydrogen) atoms. The Bertz CT molecular complexity index is 944. The minimum Gasteiger partial charge on any atom is -0.348 e. The molecule has 1 aliphatic rings. The van der Waals surface area contributed by atoms with Crippen molar-refractivity contribution in [3.05, 3.63) is 35.4 Å². The number of fused-ring (bicyclic) bond motifs is 1. The molecule has 0 fully saturated rings. The van der Waals surface area contributed by atoms with E-state index in [-0.39, 0.29) is 16.8 Å². The summed E-state index contributed by atoms with van der Waals surface area (Å²) >= 11 is 0. The highest BCUT2D eigenvalue weighted by Gasteiger charge is 2.33. The number of hydrogen-bond acceptors (Lipinski definition) is 4. The molecule has 2 atom stereocenters. The molecule has 2 aromatic rings. The number of carbonyl (C=O) groups excluding carboxylic acids is 1. The minimum atomic E-state index is -3.84. The first-order chi connectivity index (χ1) is 12.1. The van der Waals surface area contributed by atoms with E-state index in [0.29, 0.717) is 24.5 Å². The van der Waals surface area contributed by atoms with E-state index in [2.05, 4.69) is 14.4 Å². The van der Waals surface area contributed by atoms with E-state index in [1.54, 1.807) is 32.7 Å². The number of aromatic nitrogens is 3. The number of amides is 1. The maximum Gasteiger partial charge on any atom is 0.244 e. The molecule has 9 heteroatoms. The second-order valence-corrected chi connectivity index (χ2v) is 8.45. The molecule has 3 rings (SSSR count). The first kappa shape index (κ1) is 18.7. The number of carbonyl (C=O) groups is 1. The van der Waals surface area contributed by atoms with Gasteiger partial charge in [-0.25, -0.2) is 8.42 Å². The van der Waals surface area contributed by atoms with Crippen LogP contribution in [-0.2, 0) is 28.4 Å². The smallest absolute Gasteiger partial charge is 0.244 e. The van der Waals surface area contributed by atoms with E-state index >= 15 is 0 Å². The number of nitrogens with zero attached hydrogens (tertiary/aromatic N) is 4. The van der Waals surface area contributed by atoms with Gasteiger partial charge >= 0.3 is 0 Å². The van der Waals surface area contributed by atoms with Crippen molar-refractivity contribution < 1.29 is 13.2 Å². The molecule has 0 aromatic carbocycles. The fourth-order valence-corrected chi connectivity index (χ4v) is 5.25. The van der Waals surface area contributed by atoms with Gasteiger partial charge in [-0.3, -0.25) is 9.48 Å². The van der Waals surface area contributed by atoms with Crippen LogP contribution in [0.3, 0.4) is 0 Å². The number of aryl methyl sites for hydroxylation is 2. The predicted molar refractivity (Wildman–Crippen MR) is 97.0 cm³/mol. The van der Waals surface area contributed by atoms with Crippen molar-refractivity contribution in [3.63, 3.8) is 0 Å². The maximum absolute atomic E-state index is 12.9. The van der Waals surface area contributed by atoms with E-state index < -0.39 is 16.1 Å².